The normalized spacial score (nSPS) is 10.5. The van der Waals surface area contributed by atoms with Gasteiger partial charge in [0.05, 0.1) is 25.3 Å². The smallest absolute Gasteiger partial charge is 0.307 e. The number of carbonyl (C=O) groups excluding carboxylic acids is 2. The molecule has 0 atom stereocenters. The summed E-state index contributed by atoms with van der Waals surface area (Å²) in [6, 6.07) is 16.9. The lowest BCUT2D eigenvalue weighted by molar-refractivity contribution is -0.143. The Hall–Kier alpha value is -3.41. The van der Waals surface area contributed by atoms with E-state index in [9.17, 15) is 9.59 Å². The van der Waals surface area contributed by atoms with Gasteiger partial charge in [0.15, 0.2) is 0 Å². The van der Waals surface area contributed by atoms with Crippen molar-refractivity contribution < 1.29 is 14.3 Å². The van der Waals surface area contributed by atoms with Gasteiger partial charge < -0.3 is 14.2 Å². The topological polar surface area (TPSA) is 64.4 Å². The molecule has 144 valence electrons. The highest BCUT2D eigenvalue weighted by Crippen LogP contribution is 2.14. The van der Waals surface area contributed by atoms with E-state index in [1.165, 1.54) is 0 Å². The van der Waals surface area contributed by atoms with Crippen molar-refractivity contribution in [3.63, 3.8) is 0 Å². The Balaban J connectivity index is 1.75. The fourth-order valence-electron chi connectivity index (χ4n) is 2.86. The molecular weight excluding hydrogens is 354 g/mol. The first-order chi connectivity index (χ1) is 13.7. The molecule has 6 heteroatoms. The van der Waals surface area contributed by atoms with Gasteiger partial charge in [-0.2, -0.15) is 0 Å². The first kappa shape index (κ1) is 19.4. The number of carbonyl (C=O) groups is 2. The number of rotatable bonds is 8. The van der Waals surface area contributed by atoms with Gasteiger partial charge in [0.25, 0.3) is 5.91 Å². The summed E-state index contributed by atoms with van der Waals surface area (Å²) in [5.41, 5.74) is 2.31. The second-order valence-electron chi connectivity index (χ2n) is 6.24. The van der Waals surface area contributed by atoms with E-state index in [0.29, 0.717) is 18.7 Å². The molecule has 3 aromatic rings. The number of pyridine rings is 1. The van der Waals surface area contributed by atoms with Crippen molar-refractivity contribution >= 4 is 11.9 Å². The van der Waals surface area contributed by atoms with Gasteiger partial charge in [-0.05, 0) is 55.5 Å². The molecule has 2 aromatic heterocycles. The number of esters is 1. The number of nitrogens with zero attached hydrogens (tertiary/aromatic N) is 3. The van der Waals surface area contributed by atoms with E-state index in [4.69, 9.17) is 4.74 Å². The van der Waals surface area contributed by atoms with Crippen molar-refractivity contribution in [3.05, 3.63) is 84.4 Å². The van der Waals surface area contributed by atoms with Crippen LogP contribution in [-0.2, 0) is 16.1 Å². The van der Waals surface area contributed by atoms with Gasteiger partial charge in [-0.1, -0.05) is 6.07 Å². The van der Waals surface area contributed by atoms with Crippen molar-refractivity contribution in [1.82, 2.24) is 14.5 Å². The van der Waals surface area contributed by atoms with E-state index in [0.717, 1.165) is 11.4 Å². The van der Waals surface area contributed by atoms with Crippen LogP contribution in [0.4, 0.5) is 0 Å². The Bertz CT molecular complexity index is 891. The second kappa shape index (κ2) is 9.50. The highest BCUT2D eigenvalue weighted by Gasteiger charge is 2.18. The lowest BCUT2D eigenvalue weighted by atomic mass is 10.1. The van der Waals surface area contributed by atoms with Crippen molar-refractivity contribution in [2.45, 2.75) is 19.9 Å². The summed E-state index contributed by atoms with van der Waals surface area (Å²) in [6.45, 7) is 2.70. The summed E-state index contributed by atoms with van der Waals surface area (Å²) in [6.07, 6.45) is 5.73. The van der Waals surface area contributed by atoms with Gasteiger partial charge in [0.2, 0.25) is 0 Å². The van der Waals surface area contributed by atoms with Crippen LogP contribution >= 0.6 is 0 Å². The van der Waals surface area contributed by atoms with Crippen LogP contribution in [0.1, 0.15) is 29.4 Å². The molecule has 0 aliphatic heterocycles. The van der Waals surface area contributed by atoms with Crippen LogP contribution in [-0.4, -0.2) is 39.5 Å². The SMILES string of the molecule is CCOC(=O)CCN(Cc1ccccn1)C(=O)c1ccc(-n2cccc2)cc1. The van der Waals surface area contributed by atoms with E-state index in [-0.39, 0.29) is 24.8 Å². The molecule has 0 radical (unpaired) electrons. The molecule has 0 fully saturated rings. The molecule has 0 saturated carbocycles. The molecule has 0 saturated heterocycles. The molecule has 28 heavy (non-hydrogen) atoms. The maximum absolute atomic E-state index is 13.1. The van der Waals surface area contributed by atoms with Gasteiger partial charge in [-0.15, -0.1) is 0 Å². The molecule has 0 spiro atoms. The minimum Gasteiger partial charge on any atom is -0.466 e. The maximum Gasteiger partial charge on any atom is 0.307 e. The maximum atomic E-state index is 13.1. The average Bonchev–Trinajstić information content (AvgIpc) is 3.26. The molecular formula is C22H23N3O3. The Morgan fingerprint density at radius 2 is 1.79 bits per heavy atom. The van der Waals surface area contributed by atoms with Crippen molar-refractivity contribution in [3.8, 4) is 5.69 Å². The van der Waals surface area contributed by atoms with Crippen molar-refractivity contribution in [2.75, 3.05) is 13.2 Å². The molecule has 2 heterocycles. The van der Waals surface area contributed by atoms with Crippen LogP contribution in [0, 0.1) is 0 Å². The van der Waals surface area contributed by atoms with E-state index >= 15 is 0 Å². The third-order valence-electron chi connectivity index (χ3n) is 4.27. The summed E-state index contributed by atoms with van der Waals surface area (Å²) in [5, 5.41) is 0. The molecule has 0 unspecified atom stereocenters. The number of aromatic nitrogens is 2. The van der Waals surface area contributed by atoms with Gasteiger partial charge in [0, 0.05) is 36.4 Å². The van der Waals surface area contributed by atoms with Gasteiger partial charge in [-0.25, -0.2) is 0 Å². The zero-order valence-electron chi connectivity index (χ0n) is 15.8. The Labute approximate surface area is 164 Å². The van der Waals surface area contributed by atoms with Crippen LogP contribution in [0.15, 0.2) is 73.2 Å². The molecule has 6 nitrogen and oxygen atoms in total. The minimum absolute atomic E-state index is 0.144. The van der Waals surface area contributed by atoms with E-state index in [2.05, 4.69) is 4.98 Å². The molecule has 0 N–H and O–H groups in total. The lowest BCUT2D eigenvalue weighted by Gasteiger charge is -2.22. The largest absolute Gasteiger partial charge is 0.466 e. The highest BCUT2D eigenvalue weighted by atomic mass is 16.5. The fraction of sp³-hybridized carbons (Fsp3) is 0.227. The number of hydrogen-bond donors (Lipinski definition) is 0. The number of hydrogen-bond acceptors (Lipinski definition) is 4. The Kier molecular flexibility index (Phi) is 6.57. The van der Waals surface area contributed by atoms with Crippen LogP contribution in [0.2, 0.25) is 0 Å². The summed E-state index contributed by atoms with van der Waals surface area (Å²) in [4.78, 5) is 30.7. The third-order valence-corrected chi connectivity index (χ3v) is 4.27. The van der Waals surface area contributed by atoms with Crippen molar-refractivity contribution in [2.24, 2.45) is 0 Å². The van der Waals surface area contributed by atoms with Crippen LogP contribution < -0.4 is 0 Å². The second-order valence-corrected chi connectivity index (χ2v) is 6.24. The fourth-order valence-corrected chi connectivity index (χ4v) is 2.86. The Morgan fingerprint density at radius 3 is 2.43 bits per heavy atom. The highest BCUT2D eigenvalue weighted by molar-refractivity contribution is 5.94. The van der Waals surface area contributed by atoms with Gasteiger partial charge in [-0.3, -0.25) is 14.6 Å². The quantitative estimate of drug-likeness (QED) is 0.564. The summed E-state index contributed by atoms with van der Waals surface area (Å²) in [5.74, 6) is -0.460. The minimum atomic E-state index is -0.315. The van der Waals surface area contributed by atoms with Gasteiger partial charge >= 0.3 is 5.97 Å². The zero-order valence-corrected chi connectivity index (χ0v) is 15.8. The molecule has 1 aromatic carbocycles. The zero-order chi connectivity index (χ0) is 19.8. The predicted molar refractivity (Wildman–Crippen MR) is 106 cm³/mol. The molecule has 1 amide bonds. The summed E-state index contributed by atoms with van der Waals surface area (Å²) >= 11 is 0. The first-order valence-corrected chi connectivity index (χ1v) is 9.25. The van der Waals surface area contributed by atoms with Crippen LogP contribution in [0.5, 0.6) is 0 Å². The Morgan fingerprint density at radius 1 is 1.04 bits per heavy atom. The number of amides is 1. The predicted octanol–water partition coefficient (Wildman–Crippen LogP) is 3.47. The van der Waals surface area contributed by atoms with Crippen LogP contribution in [0.25, 0.3) is 5.69 Å². The number of benzene rings is 1. The molecule has 0 aliphatic carbocycles. The summed E-state index contributed by atoms with van der Waals surface area (Å²) < 4.78 is 6.96. The molecule has 3 rings (SSSR count). The molecule has 0 aliphatic rings. The number of ether oxygens (including phenoxy) is 1. The van der Waals surface area contributed by atoms with E-state index in [1.54, 1.807) is 30.2 Å². The summed E-state index contributed by atoms with van der Waals surface area (Å²) in [7, 11) is 0. The standard InChI is InChI=1S/C22H23N3O3/c1-2-28-21(26)12-16-25(17-19-7-3-4-13-23-19)22(27)18-8-10-20(11-9-18)24-14-5-6-15-24/h3-11,13-15H,2,12,16-17H2,1H3. The first-order valence-electron chi connectivity index (χ1n) is 9.25. The van der Waals surface area contributed by atoms with E-state index in [1.807, 2.05) is 59.4 Å². The van der Waals surface area contributed by atoms with E-state index < -0.39 is 0 Å². The lowest BCUT2D eigenvalue weighted by Crippen LogP contribution is -2.33. The third kappa shape index (κ3) is 5.07. The van der Waals surface area contributed by atoms with Gasteiger partial charge in [0.1, 0.15) is 0 Å². The van der Waals surface area contributed by atoms with Crippen molar-refractivity contribution in [1.29, 1.82) is 0 Å². The van der Waals surface area contributed by atoms with Crippen LogP contribution in [0.3, 0.4) is 0 Å². The average molecular weight is 377 g/mol. The monoisotopic (exact) mass is 377 g/mol. The molecule has 0 bridgehead atoms.